The van der Waals surface area contributed by atoms with Crippen molar-refractivity contribution < 1.29 is 14.3 Å². The van der Waals surface area contributed by atoms with E-state index in [1.807, 2.05) is 24.3 Å². The molecule has 1 saturated heterocycles. The second-order valence-corrected chi connectivity index (χ2v) is 6.64. The largest absolute Gasteiger partial charge is 0.495 e. The molecule has 6 nitrogen and oxygen atoms in total. The lowest BCUT2D eigenvalue weighted by Gasteiger charge is -2.26. The molecule has 1 aliphatic rings. The molecule has 8 heteroatoms. The van der Waals surface area contributed by atoms with Crippen molar-refractivity contribution in [3.05, 3.63) is 33.1 Å². The number of morpholine rings is 1. The van der Waals surface area contributed by atoms with Crippen LogP contribution in [-0.2, 0) is 4.74 Å². The summed E-state index contributed by atoms with van der Waals surface area (Å²) in [6.45, 7) is 2.23. The van der Waals surface area contributed by atoms with Crippen molar-refractivity contribution in [2.45, 2.75) is 0 Å². The van der Waals surface area contributed by atoms with Crippen molar-refractivity contribution in [2.24, 2.45) is 0 Å². The topological polar surface area (TPSA) is 69.7 Å². The number of rotatable bonds is 3. The van der Waals surface area contributed by atoms with E-state index in [0.717, 1.165) is 5.69 Å². The van der Waals surface area contributed by atoms with Crippen LogP contribution in [0.3, 0.4) is 0 Å². The number of hydrogen-bond donors (Lipinski definition) is 1. The second-order valence-electron chi connectivity index (χ2n) is 4.99. The fraction of sp³-hybridized carbons (Fsp3) is 0.333. The minimum atomic E-state index is -0.101. The number of hydrogen-bond acceptors (Lipinski definition) is 6. The van der Waals surface area contributed by atoms with Gasteiger partial charge in [-0.2, -0.15) is 0 Å². The van der Waals surface area contributed by atoms with Crippen molar-refractivity contribution >= 4 is 35.3 Å². The molecule has 2 N–H and O–H groups in total. The summed E-state index contributed by atoms with van der Waals surface area (Å²) in [6, 6.07) is 7.44. The van der Waals surface area contributed by atoms with Gasteiger partial charge in [0.05, 0.1) is 26.0 Å². The summed E-state index contributed by atoms with van der Waals surface area (Å²) in [4.78, 5) is 14.9. The lowest BCUT2D eigenvalue weighted by molar-refractivity contribution is 0.0306. The smallest absolute Gasteiger partial charge is 0.267 e. The predicted octanol–water partition coefficient (Wildman–Crippen LogP) is 2.33. The van der Waals surface area contributed by atoms with E-state index >= 15 is 0 Å². The Labute approximate surface area is 143 Å². The fourth-order valence-corrected chi connectivity index (χ4v) is 3.81. The predicted molar refractivity (Wildman–Crippen MR) is 92.2 cm³/mol. The number of carbonyl (C=O) groups excluding carboxylic acids is 1. The van der Waals surface area contributed by atoms with Gasteiger partial charge in [0.1, 0.15) is 16.4 Å². The van der Waals surface area contributed by atoms with Crippen LogP contribution in [0.1, 0.15) is 9.67 Å². The zero-order valence-electron chi connectivity index (χ0n) is 12.7. The lowest BCUT2D eigenvalue weighted by Crippen LogP contribution is -2.40. The van der Waals surface area contributed by atoms with Gasteiger partial charge in [-0.05, 0) is 24.4 Å². The molecule has 0 atom stereocenters. The SMILES string of the molecule is COc1ccccc1-n1c(N)c(C(=O)N2CCOCC2)sc1=S. The maximum atomic E-state index is 12.7. The third-order valence-electron chi connectivity index (χ3n) is 3.66. The highest BCUT2D eigenvalue weighted by atomic mass is 32.1. The summed E-state index contributed by atoms with van der Waals surface area (Å²) >= 11 is 6.64. The van der Waals surface area contributed by atoms with Crippen LogP contribution < -0.4 is 10.5 Å². The van der Waals surface area contributed by atoms with Crippen molar-refractivity contribution in [1.82, 2.24) is 9.47 Å². The molecule has 2 aromatic rings. The van der Waals surface area contributed by atoms with Crippen LogP contribution in [0.5, 0.6) is 5.75 Å². The van der Waals surface area contributed by atoms with Gasteiger partial charge in [0.25, 0.3) is 5.91 Å². The van der Waals surface area contributed by atoms with Gasteiger partial charge in [-0.3, -0.25) is 9.36 Å². The third-order valence-corrected chi connectivity index (χ3v) is 5.04. The van der Waals surface area contributed by atoms with Crippen LogP contribution in [0.4, 0.5) is 5.82 Å². The number of aromatic nitrogens is 1. The number of para-hydroxylation sites is 2. The van der Waals surface area contributed by atoms with E-state index in [9.17, 15) is 4.79 Å². The van der Waals surface area contributed by atoms with Gasteiger partial charge < -0.3 is 20.1 Å². The summed E-state index contributed by atoms with van der Waals surface area (Å²) in [5.41, 5.74) is 6.97. The first kappa shape index (κ1) is 16.0. The number of methoxy groups -OCH3 is 1. The van der Waals surface area contributed by atoms with Gasteiger partial charge >= 0.3 is 0 Å². The van der Waals surface area contributed by atoms with Crippen LogP contribution in [0, 0.1) is 3.95 Å². The maximum absolute atomic E-state index is 12.7. The molecular weight excluding hydrogens is 334 g/mol. The molecule has 0 bridgehead atoms. The van der Waals surface area contributed by atoms with E-state index in [0.29, 0.717) is 46.7 Å². The average Bonchev–Trinajstić information content (AvgIpc) is 2.89. The summed E-state index contributed by atoms with van der Waals surface area (Å²) in [6.07, 6.45) is 0. The van der Waals surface area contributed by atoms with E-state index < -0.39 is 0 Å². The molecule has 0 aliphatic carbocycles. The first-order valence-electron chi connectivity index (χ1n) is 7.15. The quantitative estimate of drug-likeness (QED) is 0.860. The van der Waals surface area contributed by atoms with Gasteiger partial charge in [-0.1, -0.05) is 23.5 Å². The van der Waals surface area contributed by atoms with Crippen molar-refractivity contribution in [3.63, 3.8) is 0 Å². The van der Waals surface area contributed by atoms with Crippen LogP contribution in [0.25, 0.3) is 5.69 Å². The van der Waals surface area contributed by atoms with E-state index in [4.69, 9.17) is 27.4 Å². The highest BCUT2D eigenvalue weighted by Gasteiger charge is 2.25. The molecule has 1 aromatic carbocycles. The average molecular weight is 351 g/mol. The first-order valence-corrected chi connectivity index (χ1v) is 8.37. The summed E-state index contributed by atoms with van der Waals surface area (Å²) in [7, 11) is 1.59. The molecule has 23 heavy (non-hydrogen) atoms. The number of benzene rings is 1. The Morgan fingerprint density at radius 1 is 1.35 bits per heavy atom. The monoisotopic (exact) mass is 351 g/mol. The zero-order chi connectivity index (χ0) is 16.4. The number of ether oxygens (including phenoxy) is 2. The van der Waals surface area contributed by atoms with Crippen LogP contribution >= 0.6 is 23.6 Å². The molecule has 1 aromatic heterocycles. The molecular formula is C15H17N3O3S2. The molecule has 3 rings (SSSR count). The Balaban J connectivity index is 2.03. The van der Waals surface area contributed by atoms with Gasteiger partial charge in [-0.25, -0.2) is 0 Å². The molecule has 2 heterocycles. The third kappa shape index (κ3) is 2.97. The summed E-state index contributed by atoms with van der Waals surface area (Å²) in [5.74, 6) is 0.898. The maximum Gasteiger partial charge on any atom is 0.267 e. The number of thiazole rings is 1. The lowest BCUT2D eigenvalue weighted by atomic mass is 10.3. The van der Waals surface area contributed by atoms with Crippen molar-refractivity contribution in [1.29, 1.82) is 0 Å². The van der Waals surface area contributed by atoms with Crippen LogP contribution in [-0.4, -0.2) is 48.8 Å². The molecule has 1 amide bonds. The van der Waals surface area contributed by atoms with Crippen LogP contribution in [0.15, 0.2) is 24.3 Å². The van der Waals surface area contributed by atoms with E-state index in [2.05, 4.69) is 0 Å². The fourth-order valence-electron chi connectivity index (χ4n) is 2.49. The van der Waals surface area contributed by atoms with Gasteiger partial charge in [0.2, 0.25) is 0 Å². The Hall–Kier alpha value is -1.90. The highest BCUT2D eigenvalue weighted by molar-refractivity contribution is 7.73. The van der Waals surface area contributed by atoms with Gasteiger partial charge in [0, 0.05) is 13.1 Å². The second kappa shape index (κ2) is 6.69. The number of anilines is 1. The Morgan fingerprint density at radius 2 is 2.04 bits per heavy atom. The molecule has 122 valence electrons. The standard InChI is InChI=1S/C15H17N3O3S2/c1-20-11-5-3-2-4-10(11)18-13(16)12(23-15(18)22)14(19)17-6-8-21-9-7-17/h2-5H,6-9,16H2,1H3. The summed E-state index contributed by atoms with van der Waals surface area (Å²) in [5, 5.41) is 0. The zero-order valence-corrected chi connectivity index (χ0v) is 14.3. The first-order chi connectivity index (χ1) is 11.1. The minimum absolute atomic E-state index is 0.101. The molecule has 0 unspecified atom stereocenters. The molecule has 0 saturated carbocycles. The molecule has 0 radical (unpaired) electrons. The van der Waals surface area contributed by atoms with Crippen LogP contribution in [0.2, 0.25) is 0 Å². The van der Waals surface area contributed by atoms with Crippen molar-refractivity contribution in [3.8, 4) is 11.4 Å². The number of carbonyl (C=O) groups is 1. The molecule has 0 spiro atoms. The Morgan fingerprint density at radius 3 is 2.74 bits per heavy atom. The van der Waals surface area contributed by atoms with Gasteiger partial charge in [0.15, 0.2) is 3.95 Å². The van der Waals surface area contributed by atoms with E-state index in [1.165, 1.54) is 11.3 Å². The molecule has 1 fully saturated rings. The Kier molecular flexibility index (Phi) is 4.65. The highest BCUT2D eigenvalue weighted by Crippen LogP contribution is 2.31. The van der Waals surface area contributed by atoms with E-state index in [1.54, 1.807) is 16.6 Å². The summed E-state index contributed by atoms with van der Waals surface area (Å²) < 4.78 is 12.9. The van der Waals surface area contributed by atoms with Crippen molar-refractivity contribution in [2.75, 3.05) is 39.1 Å². The number of nitrogens with two attached hydrogens (primary N) is 1. The van der Waals surface area contributed by atoms with Gasteiger partial charge in [-0.15, -0.1) is 0 Å². The normalized spacial score (nSPS) is 14.7. The van der Waals surface area contributed by atoms with E-state index in [-0.39, 0.29) is 5.91 Å². The number of nitrogen functional groups attached to an aromatic ring is 1. The Bertz CT molecular complexity index is 779. The number of amides is 1. The minimum Gasteiger partial charge on any atom is -0.495 e. The number of nitrogens with zero attached hydrogens (tertiary/aromatic N) is 2. The molecule has 1 aliphatic heterocycles.